The Morgan fingerprint density at radius 2 is 1.89 bits per heavy atom. The molecule has 1 aliphatic rings. The number of amides is 2. The molecule has 1 aliphatic heterocycles. The Labute approximate surface area is 215 Å². The molecular weight excluding hydrogens is 483 g/mol. The van der Waals surface area contributed by atoms with E-state index < -0.39 is 0 Å². The topological polar surface area (TPSA) is 87.5 Å². The number of rotatable bonds is 8. The number of carbonyl (C=O) groups is 2. The Balaban J connectivity index is 1.43. The molecule has 2 amide bonds. The first-order chi connectivity index (χ1) is 16.9. The number of nitrogens with two attached hydrogens (primary N) is 1. The van der Waals surface area contributed by atoms with Gasteiger partial charge in [-0.05, 0) is 66.4 Å². The van der Waals surface area contributed by atoms with Crippen LogP contribution in [-0.4, -0.2) is 48.4 Å². The Kier molecular flexibility index (Phi) is 8.63. The smallest absolute Gasteiger partial charge is 0.251 e. The zero-order valence-electron chi connectivity index (χ0n) is 19.5. The number of benzene rings is 3. The molecule has 8 heteroatoms. The highest BCUT2D eigenvalue weighted by Gasteiger charge is 2.31. The standard InChI is InChI=1S/C27H30Cl2N4O2/c28-22-10-9-21(24(29)15-22)17-33-13-11-23(32-25(27(33)35)6-3-12-30)16-31-26(34)20-8-7-18-4-1-2-5-19(18)14-20/h1-2,4-5,7-10,14-15,23,25,32H,3,6,11-13,16-17,30H2,(H,31,34)/t23-,25-/m1/s1. The molecule has 6 nitrogen and oxygen atoms in total. The minimum Gasteiger partial charge on any atom is -0.350 e. The molecule has 1 heterocycles. The molecule has 0 aliphatic carbocycles. The number of carbonyl (C=O) groups excluding carboxylic acids is 2. The largest absolute Gasteiger partial charge is 0.350 e. The molecule has 0 radical (unpaired) electrons. The molecule has 3 aromatic carbocycles. The van der Waals surface area contributed by atoms with Gasteiger partial charge in [0.1, 0.15) is 0 Å². The molecule has 1 fully saturated rings. The summed E-state index contributed by atoms with van der Waals surface area (Å²) in [5, 5.41) is 9.72. The zero-order valence-corrected chi connectivity index (χ0v) is 21.0. The van der Waals surface area contributed by atoms with E-state index in [-0.39, 0.29) is 23.9 Å². The van der Waals surface area contributed by atoms with Gasteiger partial charge < -0.3 is 21.3 Å². The molecular formula is C27H30Cl2N4O2. The third-order valence-electron chi connectivity index (χ3n) is 6.39. The summed E-state index contributed by atoms with van der Waals surface area (Å²) in [6.45, 7) is 1.90. The van der Waals surface area contributed by atoms with E-state index in [0.29, 0.717) is 54.6 Å². The van der Waals surface area contributed by atoms with Gasteiger partial charge in [-0.2, -0.15) is 0 Å². The van der Waals surface area contributed by atoms with E-state index in [4.69, 9.17) is 28.9 Å². The van der Waals surface area contributed by atoms with Crippen LogP contribution in [-0.2, 0) is 11.3 Å². The maximum atomic E-state index is 13.3. The van der Waals surface area contributed by atoms with E-state index >= 15 is 0 Å². The van der Waals surface area contributed by atoms with Gasteiger partial charge in [0.25, 0.3) is 5.91 Å². The summed E-state index contributed by atoms with van der Waals surface area (Å²) in [7, 11) is 0. The first kappa shape index (κ1) is 25.5. The van der Waals surface area contributed by atoms with Crippen LogP contribution in [0.1, 0.15) is 35.2 Å². The van der Waals surface area contributed by atoms with E-state index in [9.17, 15) is 9.59 Å². The quantitative estimate of drug-likeness (QED) is 0.418. The van der Waals surface area contributed by atoms with Gasteiger partial charge in [-0.25, -0.2) is 0 Å². The van der Waals surface area contributed by atoms with E-state index in [2.05, 4.69) is 10.6 Å². The molecule has 35 heavy (non-hydrogen) atoms. The molecule has 1 saturated heterocycles. The molecule has 0 bridgehead atoms. The highest BCUT2D eigenvalue weighted by Crippen LogP contribution is 2.24. The molecule has 4 rings (SSSR count). The van der Waals surface area contributed by atoms with Crippen molar-refractivity contribution < 1.29 is 9.59 Å². The molecule has 0 aromatic heterocycles. The monoisotopic (exact) mass is 512 g/mol. The van der Waals surface area contributed by atoms with Crippen molar-refractivity contribution in [3.63, 3.8) is 0 Å². The number of halogens is 2. The van der Waals surface area contributed by atoms with Crippen molar-refractivity contribution in [2.45, 2.75) is 37.9 Å². The van der Waals surface area contributed by atoms with E-state index in [1.165, 1.54) is 0 Å². The second-order valence-electron chi connectivity index (χ2n) is 8.90. The Bertz CT molecular complexity index is 1200. The van der Waals surface area contributed by atoms with Crippen LogP contribution < -0.4 is 16.4 Å². The normalized spacial score (nSPS) is 18.5. The third kappa shape index (κ3) is 6.53. The molecule has 184 valence electrons. The van der Waals surface area contributed by atoms with E-state index in [1.54, 1.807) is 12.1 Å². The highest BCUT2D eigenvalue weighted by atomic mass is 35.5. The lowest BCUT2D eigenvalue weighted by molar-refractivity contribution is -0.133. The SMILES string of the molecule is NCCC[C@H]1N[C@@H](CNC(=O)c2ccc3ccccc3c2)CCN(Cc2ccc(Cl)cc2Cl)C1=O. The summed E-state index contributed by atoms with van der Waals surface area (Å²) in [5.41, 5.74) is 7.19. The molecule has 0 spiro atoms. The van der Waals surface area contributed by atoms with Gasteiger partial charge in [0.05, 0.1) is 6.04 Å². The van der Waals surface area contributed by atoms with Crippen molar-refractivity contribution in [2.24, 2.45) is 5.73 Å². The maximum absolute atomic E-state index is 13.3. The fourth-order valence-electron chi connectivity index (χ4n) is 4.43. The third-order valence-corrected chi connectivity index (χ3v) is 6.97. The second kappa shape index (κ2) is 11.9. The number of hydrogen-bond donors (Lipinski definition) is 3. The number of hydrogen-bond acceptors (Lipinski definition) is 4. The minimum atomic E-state index is -0.366. The van der Waals surface area contributed by atoms with Crippen LogP contribution in [0.4, 0.5) is 0 Å². The van der Waals surface area contributed by atoms with Crippen molar-refractivity contribution in [3.8, 4) is 0 Å². The second-order valence-corrected chi connectivity index (χ2v) is 9.75. The van der Waals surface area contributed by atoms with Crippen molar-refractivity contribution in [3.05, 3.63) is 81.8 Å². The maximum Gasteiger partial charge on any atom is 0.251 e. The fourth-order valence-corrected chi connectivity index (χ4v) is 4.90. The first-order valence-electron chi connectivity index (χ1n) is 11.9. The van der Waals surface area contributed by atoms with Gasteiger partial charge >= 0.3 is 0 Å². The summed E-state index contributed by atoms with van der Waals surface area (Å²) < 4.78 is 0. The molecule has 0 unspecified atom stereocenters. The van der Waals surface area contributed by atoms with Crippen LogP contribution in [0.2, 0.25) is 10.0 Å². The van der Waals surface area contributed by atoms with Gasteiger partial charge in [-0.15, -0.1) is 0 Å². The van der Waals surface area contributed by atoms with Gasteiger partial charge in [-0.1, -0.05) is 59.6 Å². The highest BCUT2D eigenvalue weighted by molar-refractivity contribution is 6.35. The van der Waals surface area contributed by atoms with Crippen molar-refractivity contribution in [1.82, 2.24) is 15.5 Å². The molecule has 0 saturated carbocycles. The average Bonchev–Trinajstić information content (AvgIpc) is 3.01. The zero-order chi connectivity index (χ0) is 24.8. The molecule has 2 atom stereocenters. The van der Waals surface area contributed by atoms with E-state index in [0.717, 1.165) is 22.8 Å². The van der Waals surface area contributed by atoms with Crippen LogP contribution in [0.25, 0.3) is 10.8 Å². The van der Waals surface area contributed by atoms with Crippen LogP contribution in [0.5, 0.6) is 0 Å². The van der Waals surface area contributed by atoms with Gasteiger partial charge in [0, 0.05) is 41.3 Å². The number of nitrogens with zero attached hydrogens (tertiary/aromatic N) is 1. The summed E-state index contributed by atoms with van der Waals surface area (Å²) >= 11 is 12.4. The summed E-state index contributed by atoms with van der Waals surface area (Å²) in [6, 6.07) is 18.6. The Hall–Kier alpha value is -2.64. The van der Waals surface area contributed by atoms with E-state index in [1.807, 2.05) is 53.4 Å². The molecule has 4 N–H and O–H groups in total. The minimum absolute atomic E-state index is 0.0211. The predicted octanol–water partition coefficient (Wildman–Crippen LogP) is 4.37. The lowest BCUT2D eigenvalue weighted by atomic mass is 10.1. The van der Waals surface area contributed by atoms with Crippen molar-refractivity contribution in [2.75, 3.05) is 19.6 Å². The van der Waals surface area contributed by atoms with Crippen LogP contribution >= 0.6 is 23.2 Å². The van der Waals surface area contributed by atoms with Crippen LogP contribution in [0.3, 0.4) is 0 Å². The number of fused-ring (bicyclic) bond motifs is 1. The van der Waals surface area contributed by atoms with Gasteiger partial charge in [0.15, 0.2) is 0 Å². The fraction of sp³-hybridized carbons (Fsp3) is 0.333. The first-order valence-corrected chi connectivity index (χ1v) is 12.7. The lowest BCUT2D eigenvalue weighted by Gasteiger charge is -2.25. The van der Waals surface area contributed by atoms with Crippen molar-refractivity contribution in [1.29, 1.82) is 0 Å². The number of nitrogens with one attached hydrogen (secondary N) is 2. The summed E-state index contributed by atoms with van der Waals surface area (Å²) in [5.74, 6) is -0.107. The lowest BCUT2D eigenvalue weighted by Crippen LogP contribution is -2.48. The summed E-state index contributed by atoms with van der Waals surface area (Å²) in [4.78, 5) is 28.0. The van der Waals surface area contributed by atoms with Crippen LogP contribution in [0.15, 0.2) is 60.7 Å². The Morgan fingerprint density at radius 1 is 1.09 bits per heavy atom. The predicted molar refractivity (Wildman–Crippen MR) is 142 cm³/mol. The summed E-state index contributed by atoms with van der Waals surface area (Å²) in [6.07, 6.45) is 2.07. The Morgan fingerprint density at radius 3 is 2.66 bits per heavy atom. The average molecular weight is 513 g/mol. The van der Waals surface area contributed by atoms with Gasteiger partial charge in [0.2, 0.25) is 5.91 Å². The van der Waals surface area contributed by atoms with Crippen LogP contribution in [0, 0.1) is 0 Å². The van der Waals surface area contributed by atoms with Gasteiger partial charge in [-0.3, -0.25) is 9.59 Å². The molecule has 3 aromatic rings. The van der Waals surface area contributed by atoms with Crippen molar-refractivity contribution >= 4 is 45.8 Å².